The van der Waals surface area contributed by atoms with E-state index in [1.54, 1.807) is 12.1 Å². The van der Waals surface area contributed by atoms with Gasteiger partial charge in [0.05, 0.1) is 5.60 Å². The average Bonchev–Trinajstić information content (AvgIpc) is 2.79. The van der Waals surface area contributed by atoms with Crippen molar-refractivity contribution >= 4 is 0 Å². The van der Waals surface area contributed by atoms with Crippen LogP contribution in [0, 0.1) is 5.82 Å². The summed E-state index contributed by atoms with van der Waals surface area (Å²) in [6.45, 7) is 6.04. The molecule has 0 amide bonds. The van der Waals surface area contributed by atoms with Crippen molar-refractivity contribution in [1.82, 2.24) is 5.32 Å². The highest BCUT2D eigenvalue weighted by Gasteiger charge is 2.48. The average molecular weight is 263 g/mol. The summed E-state index contributed by atoms with van der Waals surface area (Å²) in [6, 6.07) is 5.40. The van der Waals surface area contributed by atoms with Crippen LogP contribution in [0.5, 0.6) is 0 Å². The van der Waals surface area contributed by atoms with Crippen molar-refractivity contribution in [3.8, 4) is 0 Å². The zero-order valence-corrected chi connectivity index (χ0v) is 11.8. The molecule has 1 aliphatic carbocycles. The zero-order valence-electron chi connectivity index (χ0n) is 11.8. The second kappa shape index (κ2) is 4.57. The van der Waals surface area contributed by atoms with Gasteiger partial charge in [-0.05, 0) is 42.9 Å². The normalized spacial score (nSPS) is 28.6. The van der Waals surface area contributed by atoms with Crippen LogP contribution in [-0.2, 0) is 16.8 Å². The van der Waals surface area contributed by atoms with E-state index in [9.17, 15) is 4.39 Å². The van der Waals surface area contributed by atoms with Crippen molar-refractivity contribution in [3.05, 3.63) is 35.1 Å². The van der Waals surface area contributed by atoms with Crippen LogP contribution in [0.4, 0.5) is 4.39 Å². The monoisotopic (exact) mass is 263 g/mol. The van der Waals surface area contributed by atoms with Crippen molar-refractivity contribution in [3.63, 3.8) is 0 Å². The standard InChI is InChI=1S/C16H22FNO/c1-3-15(4-2)10-18-11-16(19-15)9-8-12-13(16)6-5-7-14(12)17/h5-7,18H,3-4,8-11H2,1-2H3. The maximum Gasteiger partial charge on any atom is 0.126 e. The Morgan fingerprint density at radius 3 is 2.79 bits per heavy atom. The number of halogens is 1. The van der Waals surface area contributed by atoms with Gasteiger partial charge in [0.1, 0.15) is 11.4 Å². The molecule has 1 aliphatic heterocycles. The first-order chi connectivity index (χ1) is 9.15. The third kappa shape index (κ3) is 1.91. The quantitative estimate of drug-likeness (QED) is 0.885. The number of ether oxygens (including phenoxy) is 1. The smallest absolute Gasteiger partial charge is 0.126 e. The summed E-state index contributed by atoms with van der Waals surface area (Å²) in [5.41, 5.74) is 1.49. The Balaban J connectivity index is 2.01. The van der Waals surface area contributed by atoms with E-state index < -0.39 is 0 Å². The molecule has 1 unspecified atom stereocenters. The van der Waals surface area contributed by atoms with Gasteiger partial charge >= 0.3 is 0 Å². The van der Waals surface area contributed by atoms with Crippen LogP contribution in [0.1, 0.15) is 44.2 Å². The van der Waals surface area contributed by atoms with E-state index in [4.69, 9.17) is 4.74 Å². The minimum atomic E-state index is -0.318. The molecule has 19 heavy (non-hydrogen) atoms. The first kappa shape index (κ1) is 13.1. The van der Waals surface area contributed by atoms with Crippen LogP contribution < -0.4 is 5.32 Å². The van der Waals surface area contributed by atoms with Gasteiger partial charge in [-0.1, -0.05) is 26.0 Å². The summed E-state index contributed by atoms with van der Waals surface area (Å²) in [6.07, 6.45) is 3.65. The minimum absolute atomic E-state index is 0.0813. The molecule has 1 N–H and O–H groups in total. The Bertz CT molecular complexity index is 484. The van der Waals surface area contributed by atoms with E-state index in [0.29, 0.717) is 0 Å². The molecule has 3 rings (SSSR count). The lowest BCUT2D eigenvalue weighted by molar-refractivity contribution is -0.186. The summed E-state index contributed by atoms with van der Waals surface area (Å²) in [7, 11) is 0. The summed E-state index contributed by atoms with van der Waals surface area (Å²) in [4.78, 5) is 0. The fraction of sp³-hybridized carbons (Fsp3) is 0.625. The van der Waals surface area contributed by atoms with Gasteiger partial charge in [-0.15, -0.1) is 0 Å². The Kier molecular flexibility index (Phi) is 3.14. The van der Waals surface area contributed by atoms with E-state index in [1.807, 2.05) is 6.07 Å². The fourth-order valence-corrected chi connectivity index (χ4v) is 3.61. The number of hydrogen-bond acceptors (Lipinski definition) is 2. The Morgan fingerprint density at radius 2 is 2.05 bits per heavy atom. The first-order valence-corrected chi connectivity index (χ1v) is 7.33. The van der Waals surface area contributed by atoms with Gasteiger partial charge in [-0.25, -0.2) is 4.39 Å². The van der Waals surface area contributed by atoms with Gasteiger partial charge in [-0.2, -0.15) is 0 Å². The highest BCUT2D eigenvalue weighted by molar-refractivity contribution is 5.39. The van der Waals surface area contributed by atoms with Crippen molar-refractivity contribution in [2.24, 2.45) is 0 Å². The lowest BCUT2D eigenvalue weighted by Gasteiger charge is -2.47. The summed E-state index contributed by atoms with van der Waals surface area (Å²) in [5.74, 6) is -0.0813. The molecular weight excluding hydrogens is 241 g/mol. The van der Waals surface area contributed by atoms with Gasteiger partial charge in [0.25, 0.3) is 0 Å². The maximum atomic E-state index is 13.9. The lowest BCUT2D eigenvalue weighted by Crippen LogP contribution is -2.57. The summed E-state index contributed by atoms with van der Waals surface area (Å²) >= 11 is 0. The van der Waals surface area contributed by atoms with E-state index in [2.05, 4.69) is 19.2 Å². The molecule has 0 bridgehead atoms. The number of benzene rings is 1. The van der Waals surface area contributed by atoms with Gasteiger partial charge in [0.15, 0.2) is 0 Å². The number of rotatable bonds is 2. The van der Waals surface area contributed by atoms with E-state index >= 15 is 0 Å². The minimum Gasteiger partial charge on any atom is -0.361 e. The molecule has 1 spiro atoms. The molecule has 104 valence electrons. The van der Waals surface area contributed by atoms with Crippen LogP contribution in [0.25, 0.3) is 0 Å². The van der Waals surface area contributed by atoms with Crippen molar-refractivity contribution in [2.75, 3.05) is 13.1 Å². The van der Waals surface area contributed by atoms with Gasteiger partial charge in [0.2, 0.25) is 0 Å². The largest absolute Gasteiger partial charge is 0.361 e. The molecule has 1 atom stereocenters. The molecule has 0 aromatic heterocycles. The Hall–Kier alpha value is -0.930. The summed E-state index contributed by atoms with van der Waals surface area (Å²) in [5, 5.41) is 3.52. The van der Waals surface area contributed by atoms with Crippen LogP contribution >= 0.6 is 0 Å². The zero-order chi connectivity index (χ0) is 13.5. The predicted octanol–water partition coefficient (Wildman–Crippen LogP) is 3.15. The second-order valence-electron chi connectivity index (χ2n) is 5.86. The molecule has 2 aliphatic rings. The molecular formula is C16H22FNO. The van der Waals surface area contributed by atoms with Crippen molar-refractivity contribution < 1.29 is 9.13 Å². The number of nitrogens with one attached hydrogen (secondary N) is 1. The molecule has 0 radical (unpaired) electrons. The Morgan fingerprint density at radius 1 is 1.26 bits per heavy atom. The van der Waals surface area contributed by atoms with E-state index in [1.165, 1.54) is 0 Å². The highest BCUT2D eigenvalue weighted by Crippen LogP contribution is 2.46. The molecule has 0 saturated carbocycles. The molecule has 1 aromatic rings. The SMILES string of the molecule is CCC1(CC)CNCC2(CCc3c(F)cccc32)O1. The van der Waals surface area contributed by atoms with Gasteiger partial charge in [-0.3, -0.25) is 0 Å². The molecule has 1 saturated heterocycles. The fourth-order valence-electron chi connectivity index (χ4n) is 3.61. The lowest BCUT2D eigenvalue weighted by atomic mass is 9.87. The highest BCUT2D eigenvalue weighted by atomic mass is 19.1. The predicted molar refractivity (Wildman–Crippen MR) is 73.7 cm³/mol. The van der Waals surface area contributed by atoms with E-state index in [0.717, 1.165) is 49.9 Å². The topological polar surface area (TPSA) is 21.3 Å². The van der Waals surface area contributed by atoms with Gasteiger partial charge < -0.3 is 10.1 Å². The number of fused-ring (bicyclic) bond motifs is 2. The maximum absolute atomic E-state index is 13.9. The molecule has 1 fully saturated rings. The molecule has 2 nitrogen and oxygen atoms in total. The molecule has 1 aromatic carbocycles. The van der Waals surface area contributed by atoms with Crippen molar-refractivity contribution in [2.45, 2.75) is 50.7 Å². The van der Waals surface area contributed by atoms with Gasteiger partial charge in [0, 0.05) is 13.1 Å². The Labute approximate surface area is 114 Å². The number of morpholine rings is 1. The third-order valence-electron chi connectivity index (χ3n) is 4.95. The van der Waals surface area contributed by atoms with Crippen LogP contribution in [-0.4, -0.2) is 18.7 Å². The molecule has 1 heterocycles. The second-order valence-corrected chi connectivity index (χ2v) is 5.86. The van der Waals surface area contributed by atoms with Crippen molar-refractivity contribution in [1.29, 1.82) is 0 Å². The first-order valence-electron chi connectivity index (χ1n) is 7.33. The van der Waals surface area contributed by atoms with Crippen LogP contribution in [0.2, 0.25) is 0 Å². The van der Waals surface area contributed by atoms with E-state index in [-0.39, 0.29) is 17.0 Å². The molecule has 3 heteroatoms. The number of hydrogen-bond donors (Lipinski definition) is 1. The third-order valence-corrected chi connectivity index (χ3v) is 4.95. The van der Waals surface area contributed by atoms with Crippen LogP contribution in [0.15, 0.2) is 18.2 Å². The summed E-state index contributed by atoms with van der Waals surface area (Å²) < 4.78 is 20.5. The van der Waals surface area contributed by atoms with Crippen LogP contribution in [0.3, 0.4) is 0 Å².